The molecule has 2 fully saturated rings. The number of fused-ring (bicyclic) bond motifs is 1. The normalized spacial score (nSPS) is 26.3. The summed E-state index contributed by atoms with van der Waals surface area (Å²) in [5, 5.41) is 8.32. The predicted molar refractivity (Wildman–Crippen MR) is 89.0 cm³/mol. The molecule has 6 heteroatoms. The second kappa shape index (κ2) is 6.47. The maximum Gasteiger partial charge on any atom is 0.242 e. The van der Waals surface area contributed by atoms with Crippen molar-refractivity contribution in [1.82, 2.24) is 15.1 Å². The number of nitrogens with zero attached hydrogens (tertiary/aromatic N) is 3. The van der Waals surface area contributed by atoms with E-state index in [0.29, 0.717) is 30.7 Å². The minimum absolute atomic E-state index is 0.230. The third-order valence-electron chi connectivity index (χ3n) is 5.46. The molecule has 1 aliphatic carbocycles. The molecule has 0 bridgehead atoms. The van der Waals surface area contributed by atoms with Crippen LogP contribution < -0.4 is 0 Å². The molecular weight excluding hydrogens is 306 g/mol. The van der Waals surface area contributed by atoms with Gasteiger partial charge in [0.25, 0.3) is 0 Å². The molecule has 2 aliphatic rings. The van der Waals surface area contributed by atoms with Gasteiger partial charge >= 0.3 is 0 Å². The average Bonchev–Trinajstić information content (AvgIpc) is 3.01. The van der Waals surface area contributed by atoms with Crippen molar-refractivity contribution in [2.75, 3.05) is 13.7 Å². The summed E-state index contributed by atoms with van der Waals surface area (Å²) >= 11 is 0. The summed E-state index contributed by atoms with van der Waals surface area (Å²) in [6.45, 7) is 7.76. The highest BCUT2D eigenvalue weighted by atomic mass is 16.5. The number of likely N-dealkylation sites (tertiary alicyclic amines) is 1. The lowest BCUT2D eigenvalue weighted by atomic mass is 9.67. The fraction of sp³-hybridized carbons (Fsp3) is 0.833. The van der Waals surface area contributed by atoms with Gasteiger partial charge in [-0.3, -0.25) is 4.79 Å². The molecule has 2 atom stereocenters. The van der Waals surface area contributed by atoms with E-state index in [0.717, 1.165) is 38.6 Å². The van der Waals surface area contributed by atoms with E-state index in [4.69, 9.17) is 9.15 Å². The number of hydrogen-bond acceptors (Lipinski definition) is 5. The molecule has 1 saturated heterocycles. The molecule has 6 nitrogen and oxygen atoms in total. The van der Waals surface area contributed by atoms with E-state index < -0.39 is 0 Å². The van der Waals surface area contributed by atoms with Gasteiger partial charge in [0.2, 0.25) is 17.7 Å². The third-order valence-corrected chi connectivity index (χ3v) is 5.46. The van der Waals surface area contributed by atoms with E-state index in [9.17, 15) is 4.79 Å². The summed E-state index contributed by atoms with van der Waals surface area (Å²) in [5.41, 5.74) is -0.0820. The van der Waals surface area contributed by atoms with Gasteiger partial charge < -0.3 is 14.1 Å². The monoisotopic (exact) mass is 335 g/mol. The van der Waals surface area contributed by atoms with Gasteiger partial charge in [-0.15, -0.1) is 10.2 Å². The molecular formula is C18H29N3O3. The minimum Gasteiger partial charge on any atom is -0.420 e. The second-order valence-corrected chi connectivity index (χ2v) is 8.34. The zero-order valence-corrected chi connectivity index (χ0v) is 15.3. The lowest BCUT2D eigenvalue weighted by Gasteiger charge is -2.47. The molecule has 0 aromatic carbocycles. The van der Waals surface area contributed by atoms with Crippen LogP contribution in [0.3, 0.4) is 0 Å². The summed E-state index contributed by atoms with van der Waals surface area (Å²) in [6, 6.07) is 0. The summed E-state index contributed by atoms with van der Waals surface area (Å²) in [7, 11) is 1.61. The number of ether oxygens (including phenoxy) is 1. The Morgan fingerprint density at radius 2 is 2.17 bits per heavy atom. The van der Waals surface area contributed by atoms with Crippen molar-refractivity contribution < 1.29 is 13.9 Å². The Morgan fingerprint density at radius 3 is 2.79 bits per heavy atom. The Balaban J connectivity index is 1.71. The number of rotatable bonds is 6. The van der Waals surface area contributed by atoms with Crippen molar-refractivity contribution >= 4 is 5.91 Å². The average molecular weight is 335 g/mol. The Labute approximate surface area is 143 Å². The zero-order chi connectivity index (χ0) is 17.4. The van der Waals surface area contributed by atoms with Crippen molar-refractivity contribution in [3.05, 3.63) is 11.8 Å². The van der Waals surface area contributed by atoms with Crippen LogP contribution in [0.15, 0.2) is 4.42 Å². The molecule has 3 rings (SSSR count). The lowest BCUT2D eigenvalue weighted by molar-refractivity contribution is -0.142. The highest BCUT2D eigenvalue weighted by Gasteiger charge is 2.60. The molecule has 0 spiro atoms. The topological polar surface area (TPSA) is 68.5 Å². The molecule has 2 heterocycles. The van der Waals surface area contributed by atoms with E-state index >= 15 is 0 Å². The molecule has 1 aliphatic heterocycles. The Morgan fingerprint density at radius 1 is 1.38 bits per heavy atom. The van der Waals surface area contributed by atoms with Gasteiger partial charge in [0, 0.05) is 20.1 Å². The summed E-state index contributed by atoms with van der Waals surface area (Å²) in [6.07, 6.45) is 5.68. The lowest BCUT2D eigenvalue weighted by Crippen LogP contribution is -2.53. The second-order valence-electron chi connectivity index (χ2n) is 8.34. The maximum absolute atomic E-state index is 12.8. The fourth-order valence-corrected chi connectivity index (χ4v) is 4.10. The highest BCUT2D eigenvalue weighted by Crippen LogP contribution is 2.56. The minimum atomic E-state index is -0.349. The number of carbonyl (C=O) groups excluding carboxylic acids is 1. The van der Waals surface area contributed by atoms with E-state index in [-0.39, 0.29) is 16.9 Å². The Bertz CT molecular complexity index is 593. The largest absolute Gasteiger partial charge is 0.420 e. The molecule has 134 valence electrons. The van der Waals surface area contributed by atoms with Gasteiger partial charge in [-0.25, -0.2) is 0 Å². The van der Waals surface area contributed by atoms with Gasteiger partial charge in [0.15, 0.2) is 0 Å². The van der Waals surface area contributed by atoms with Gasteiger partial charge in [-0.1, -0.05) is 20.8 Å². The quantitative estimate of drug-likeness (QED) is 0.798. The predicted octanol–water partition coefficient (Wildman–Crippen LogP) is 3.27. The van der Waals surface area contributed by atoms with Crippen molar-refractivity contribution in [2.45, 2.75) is 71.4 Å². The first-order valence-corrected chi connectivity index (χ1v) is 8.99. The molecule has 1 saturated carbocycles. The van der Waals surface area contributed by atoms with Crippen LogP contribution in [0.2, 0.25) is 0 Å². The van der Waals surface area contributed by atoms with E-state index in [2.05, 4.69) is 31.0 Å². The molecule has 0 N–H and O–H groups in total. The van der Waals surface area contributed by atoms with Crippen LogP contribution in [-0.2, 0) is 21.7 Å². The van der Waals surface area contributed by atoms with Gasteiger partial charge in [0.05, 0.1) is 0 Å². The summed E-state index contributed by atoms with van der Waals surface area (Å²) in [4.78, 5) is 14.9. The van der Waals surface area contributed by atoms with Crippen LogP contribution >= 0.6 is 0 Å². The van der Waals surface area contributed by atoms with Crippen LogP contribution in [0, 0.1) is 11.3 Å². The number of amides is 1. The van der Waals surface area contributed by atoms with Crippen molar-refractivity contribution in [2.24, 2.45) is 11.3 Å². The van der Waals surface area contributed by atoms with Gasteiger partial charge in [0.1, 0.15) is 12.1 Å². The summed E-state index contributed by atoms with van der Waals surface area (Å²) < 4.78 is 10.9. The molecule has 0 unspecified atom stereocenters. The van der Waals surface area contributed by atoms with Gasteiger partial charge in [-0.2, -0.15) is 0 Å². The molecule has 1 aromatic rings. The first-order chi connectivity index (χ1) is 11.4. The van der Waals surface area contributed by atoms with Crippen molar-refractivity contribution in [3.8, 4) is 0 Å². The first kappa shape index (κ1) is 17.4. The van der Waals surface area contributed by atoms with Crippen LogP contribution in [0.1, 0.15) is 71.1 Å². The van der Waals surface area contributed by atoms with Crippen molar-refractivity contribution in [3.63, 3.8) is 0 Å². The van der Waals surface area contributed by atoms with Crippen molar-refractivity contribution in [1.29, 1.82) is 0 Å². The molecule has 24 heavy (non-hydrogen) atoms. The number of aromatic nitrogens is 2. The molecule has 1 amide bonds. The number of carbonyl (C=O) groups is 1. The Hall–Kier alpha value is -1.43. The standard InChI is InChI=1S/C18H29N3O3/c1-17(2,3)9-5-6-15(22)21-11-8-13-7-10-18(13,21)16-20-19-14(24-16)12-23-4/h13H,5-12H2,1-4H3/t13-,18-/m0/s1. The number of methoxy groups -OCH3 is 1. The SMILES string of the molecule is COCc1nnc([C@]23CC[C@H]2CCN3C(=O)CCCC(C)(C)C)o1. The van der Waals surface area contributed by atoms with Gasteiger partial charge in [-0.05, 0) is 43.4 Å². The summed E-state index contributed by atoms with van der Waals surface area (Å²) in [5.74, 6) is 1.78. The van der Waals surface area contributed by atoms with Crippen LogP contribution in [0.5, 0.6) is 0 Å². The number of hydrogen-bond donors (Lipinski definition) is 0. The fourth-order valence-electron chi connectivity index (χ4n) is 4.10. The maximum atomic E-state index is 12.8. The molecule has 1 aromatic heterocycles. The Kier molecular flexibility index (Phi) is 4.69. The van der Waals surface area contributed by atoms with Crippen LogP contribution in [-0.4, -0.2) is 34.7 Å². The smallest absolute Gasteiger partial charge is 0.242 e. The van der Waals surface area contributed by atoms with E-state index in [1.54, 1.807) is 7.11 Å². The molecule has 0 radical (unpaired) electrons. The first-order valence-electron chi connectivity index (χ1n) is 8.99. The third kappa shape index (κ3) is 3.08. The highest BCUT2D eigenvalue weighted by molar-refractivity contribution is 5.77. The van der Waals surface area contributed by atoms with E-state index in [1.807, 2.05) is 4.90 Å². The zero-order valence-electron chi connectivity index (χ0n) is 15.3. The van der Waals surface area contributed by atoms with E-state index in [1.165, 1.54) is 0 Å². The van der Waals surface area contributed by atoms with Crippen LogP contribution in [0.4, 0.5) is 0 Å². The van der Waals surface area contributed by atoms with Crippen LogP contribution in [0.25, 0.3) is 0 Å².